The molecule has 1 aliphatic heterocycles. The number of hydrogen-bond acceptors (Lipinski definition) is 6. The summed E-state index contributed by atoms with van der Waals surface area (Å²) in [6.07, 6.45) is 2.76. The second-order valence-corrected chi connectivity index (χ2v) is 9.37. The molecule has 0 aliphatic carbocycles. The third-order valence-electron chi connectivity index (χ3n) is 5.61. The van der Waals surface area contributed by atoms with Gasteiger partial charge in [-0.2, -0.15) is 0 Å². The topological polar surface area (TPSA) is 68.1 Å². The fourth-order valence-corrected chi connectivity index (χ4v) is 4.73. The molecular formula is C30H29NO4S. The van der Waals surface area contributed by atoms with E-state index in [1.165, 1.54) is 22.9 Å². The molecule has 0 unspecified atom stereocenters. The molecule has 0 amide bonds. The van der Waals surface area contributed by atoms with Gasteiger partial charge in [0.05, 0.1) is 17.2 Å². The average Bonchev–Trinajstić information content (AvgIpc) is 3.18. The van der Waals surface area contributed by atoms with E-state index in [0.29, 0.717) is 22.2 Å². The van der Waals surface area contributed by atoms with Gasteiger partial charge >= 0.3 is 5.97 Å². The van der Waals surface area contributed by atoms with E-state index in [1.807, 2.05) is 66.7 Å². The number of hydrogen-bond donors (Lipinski definition) is 1. The fourth-order valence-electron chi connectivity index (χ4n) is 3.70. The standard InChI is InChI=1S/C30H29NO4S/c1-4-21-9-13-24(14-10-21)31-29-27(30(33)34-5-2)28(32)26(36-29)18-22-11-15-25(16-12-22)35-19-23-8-6-7-20(3)17-23/h6-18,32H,4-5,19H2,1-3H3/b26-18-,31-29?. The van der Waals surface area contributed by atoms with Crippen molar-refractivity contribution in [2.45, 2.75) is 33.8 Å². The van der Waals surface area contributed by atoms with Crippen LogP contribution >= 0.6 is 11.8 Å². The highest BCUT2D eigenvalue weighted by Gasteiger charge is 2.33. The van der Waals surface area contributed by atoms with Gasteiger partial charge in [-0.1, -0.05) is 72.8 Å². The lowest BCUT2D eigenvalue weighted by Crippen LogP contribution is -2.12. The Morgan fingerprint density at radius 3 is 2.42 bits per heavy atom. The van der Waals surface area contributed by atoms with Crippen LogP contribution < -0.4 is 4.74 Å². The number of aliphatic imine (C=N–C) groups is 1. The first-order valence-electron chi connectivity index (χ1n) is 11.9. The normalized spacial score (nSPS) is 15.5. The number of carbonyl (C=O) groups is 1. The summed E-state index contributed by atoms with van der Waals surface area (Å²) in [4.78, 5) is 17.8. The first kappa shape index (κ1) is 25.3. The van der Waals surface area contributed by atoms with Gasteiger partial charge in [0.15, 0.2) is 0 Å². The summed E-state index contributed by atoms with van der Waals surface area (Å²) < 4.78 is 11.1. The van der Waals surface area contributed by atoms with Gasteiger partial charge in [0, 0.05) is 0 Å². The second-order valence-electron chi connectivity index (χ2n) is 8.34. The summed E-state index contributed by atoms with van der Waals surface area (Å²) in [5.41, 5.74) is 5.17. The maximum atomic E-state index is 12.6. The van der Waals surface area contributed by atoms with Gasteiger partial charge in [0.1, 0.15) is 28.7 Å². The van der Waals surface area contributed by atoms with Crippen LogP contribution in [-0.4, -0.2) is 22.7 Å². The summed E-state index contributed by atoms with van der Waals surface area (Å²) >= 11 is 1.25. The molecule has 5 nitrogen and oxygen atoms in total. The molecule has 0 saturated heterocycles. The predicted molar refractivity (Wildman–Crippen MR) is 147 cm³/mol. The molecule has 36 heavy (non-hydrogen) atoms. The van der Waals surface area contributed by atoms with Crippen LogP contribution in [0.25, 0.3) is 6.08 Å². The Kier molecular flexibility index (Phi) is 8.28. The summed E-state index contributed by atoms with van der Waals surface area (Å²) in [5.74, 6) is 0.0411. The van der Waals surface area contributed by atoms with Crippen molar-refractivity contribution in [3.63, 3.8) is 0 Å². The van der Waals surface area contributed by atoms with Gasteiger partial charge in [-0.3, -0.25) is 0 Å². The zero-order chi connectivity index (χ0) is 25.5. The number of rotatable bonds is 8. The monoisotopic (exact) mass is 499 g/mol. The highest BCUT2D eigenvalue weighted by Crippen LogP contribution is 2.40. The molecule has 1 N–H and O–H groups in total. The van der Waals surface area contributed by atoms with Gasteiger partial charge in [0.2, 0.25) is 0 Å². The van der Waals surface area contributed by atoms with E-state index < -0.39 is 5.97 Å². The van der Waals surface area contributed by atoms with Gasteiger partial charge < -0.3 is 14.6 Å². The molecule has 0 spiro atoms. The number of aliphatic hydroxyl groups excluding tert-OH is 1. The van der Waals surface area contributed by atoms with E-state index in [0.717, 1.165) is 23.3 Å². The van der Waals surface area contributed by atoms with Crippen molar-refractivity contribution in [2.75, 3.05) is 6.61 Å². The van der Waals surface area contributed by atoms with Crippen molar-refractivity contribution in [2.24, 2.45) is 4.99 Å². The molecule has 3 aromatic rings. The van der Waals surface area contributed by atoms with Crippen molar-refractivity contribution >= 4 is 34.5 Å². The SMILES string of the molecule is CCOC(=O)C1=C(O)/C(=C/c2ccc(OCc3cccc(C)c3)cc2)SC1=Nc1ccc(CC)cc1. The third-order valence-corrected chi connectivity index (χ3v) is 6.63. The van der Waals surface area contributed by atoms with Crippen molar-refractivity contribution < 1.29 is 19.4 Å². The molecule has 0 radical (unpaired) electrons. The molecule has 4 rings (SSSR count). The minimum Gasteiger partial charge on any atom is -0.506 e. The minimum atomic E-state index is -0.588. The van der Waals surface area contributed by atoms with E-state index in [9.17, 15) is 9.90 Å². The highest BCUT2D eigenvalue weighted by atomic mass is 32.2. The van der Waals surface area contributed by atoms with Crippen molar-refractivity contribution in [3.05, 3.63) is 111 Å². The smallest absolute Gasteiger partial charge is 0.344 e. The molecule has 0 aromatic heterocycles. The molecule has 3 aromatic carbocycles. The Labute approximate surface area is 216 Å². The molecular weight excluding hydrogens is 470 g/mol. The van der Waals surface area contributed by atoms with Crippen LogP contribution in [0.15, 0.2) is 94.0 Å². The fraction of sp³-hybridized carbons (Fsp3) is 0.200. The van der Waals surface area contributed by atoms with Gasteiger partial charge in [-0.25, -0.2) is 9.79 Å². The third kappa shape index (κ3) is 6.26. The van der Waals surface area contributed by atoms with Crippen LogP contribution in [0.3, 0.4) is 0 Å². The molecule has 184 valence electrons. The molecule has 6 heteroatoms. The summed E-state index contributed by atoms with van der Waals surface area (Å²) in [7, 11) is 0. The summed E-state index contributed by atoms with van der Waals surface area (Å²) in [5, 5.41) is 11.3. The lowest BCUT2D eigenvalue weighted by atomic mass is 10.1. The Morgan fingerprint density at radius 2 is 1.75 bits per heavy atom. The zero-order valence-electron chi connectivity index (χ0n) is 20.7. The number of esters is 1. The highest BCUT2D eigenvalue weighted by molar-refractivity contribution is 8.18. The minimum absolute atomic E-state index is 0.0887. The maximum Gasteiger partial charge on any atom is 0.344 e. The second kappa shape index (κ2) is 11.8. The first-order valence-corrected chi connectivity index (χ1v) is 12.7. The Bertz CT molecular complexity index is 1320. The molecule has 1 aliphatic rings. The number of nitrogens with zero attached hydrogens (tertiary/aromatic N) is 1. The first-order chi connectivity index (χ1) is 17.5. The van der Waals surface area contributed by atoms with Crippen LogP contribution in [-0.2, 0) is 22.6 Å². The van der Waals surface area contributed by atoms with Crippen molar-refractivity contribution in [3.8, 4) is 5.75 Å². The average molecular weight is 500 g/mol. The van der Waals surface area contributed by atoms with E-state index in [2.05, 4.69) is 31.0 Å². The van der Waals surface area contributed by atoms with Crippen LogP contribution in [0.4, 0.5) is 5.69 Å². The number of ether oxygens (including phenoxy) is 2. The number of thioether (sulfide) groups is 1. The Morgan fingerprint density at radius 1 is 1.00 bits per heavy atom. The summed E-state index contributed by atoms with van der Waals surface area (Å²) in [6, 6.07) is 23.6. The Balaban J connectivity index is 1.54. The number of aryl methyl sites for hydroxylation is 2. The zero-order valence-corrected chi connectivity index (χ0v) is 21.5. The molecule has 0 fully saturated rings. The van der Waals surface area contributed by atoms with Crippen LogP contribution in [0, 0.1) is 6.92 Å². The molecule has 0 bridgehead atoms. The molecule has 0 saturated carbocycles. The summed E-state index contributed by atoms with van der Waals surface area (Å²) in [6.45, 7) is 6.58. The van der Waals surface area contributed by atoms with E-state index >= 15 is 0 Å². The lowest BCUT2D eigenvalue weighted by Gasteiger charge is -2.07. The maximum absolute atomic E-state index is 12.6. The van der Waals surface area contributed by atoms with Gasteiger partial charge in [0.25, 0.3) is 0 Å². The predicted octanol–water partition coefficient (Wildman–Crippen LogP) is 7.33. The molecule has 0 atom stereocenters. The number of benzene rings is 3. The number of carbonyl (C=O) groups excluding carboxylic acids is 1. The quantitative estimate of drug-likeness (QED) is 0.329. The van der Waals surface area contributed by atoms with E-state index in [4.69, 9.17) is 9.47 Å². The lowest BCUT2D eigenvalue weighted by molar-refractivity contribution is -0.138. The largest absolute Gasteiger partial charge is 0.506 e. The van der Waals surface area contributed by atoms with E-state index in [-0.39, 0.29) is 17.9 Å². The van der Waals surface area contributed by atoms with Crippen LogP contribution in [0.1, 0.15) is 36.1 Å². The van der Waals surface area contributed by atoms with Crippen molar-refractivity contribution in [1.82, 2.24) is 0 Å². The Hall–Kier alpha value is -3.77. The van der Waals surface area contributed by atoms with Gasteiger partial charge in [-0.05, 0) is 67.3 Å². The van der Waals surface area contributed by atoms with Gasteiger partial charge in [-0.15, -0.1) is 0 Å². The number of aliphatic hydroxyl groups is 1. The van der Waals surface area contributed by atoms with Crippen molar-refractivity contribution in [1.29, 1.82) is 0 Å². The van der Waals surface area contributed by atoms with Crippen LogP contribution in [0.5, 0.6) is 5.75 Å². The molecule has 1 heterocycles. The van der Waals surface area contributed by atoms with E-state index in [1.54, 1.807) is 6.92 Å². The van der Waals surface area contributed by atoms with Crippen LogP contribution in [0.2, 0.25) is 0 Å².